The van der Waals surface area contributed by atoms with Crippen molar-refractivity contribution in [1.29, 1.82) is 0 Å². The number of nitrogen functional groups attached to an aromatic ring is 1. The van der Waals surface area contributed by atoms with Crippen LogP contribution in [-0.2, 0) is 13.0 Å². The summed E-state index contributed by atoms with van der Waals surface area (Å²) in [6.45, 7) is 1.82. The highest BCUT2D eigenvalue weighted by Crippen LogP contribution is 2.36. The summed E-state index contributed by atoms with van der Waals surface area (Å²) in [5.41, 5.74) is 9.42. The summed E-state index contributed by atoms with van der Waals surface area (Å²) in [6.07, 6.45) is 0.902. The van der Waals surface area contributed by atoms with Crippen molar-refractivity contribution in [3.05, 3.63) is 50.4 Å². The second kappa shape index (κ2) is 6.70. The van der Waals surface area contributed by atoms with Crippen LogP contribution in [0, 0.1) is 0 Å². The van der Waals surface area contributed by atoms with Gasteiger partial charge in [-0.15, -0.1) is 11.3 Å². The molecule has 1 aromatic carbocycles. The van der Waals surface area contributed by atoms with E-state index in [0.717, 1.165) is 35.4 Å². The van der Waals surface area contributed by atoms with E-state index in [0.29, 0.717) is 26.3 Å². The smallest absolute Gasteiger partial charge is 0.267 e. The summed E-state index contributed by atoms with van der Waals surface area (Å²) in [5.74, 6) is -0.315. The van der Waals surface area contributed by atoms with Gasteiger partial charge in [0.05, 0.1) is 16.4 Å². The zero-order valence-corrected chi connectivity index (χ0v) is 16.3. The molecule has 3 heterocycles. The summed E-state index contributed by atoms with van der Waals surface area (Å²) in [4.78, 5) is 20.9. The molecule has 0 radical (unpaired) electrons. The SMILES string of the molecule is CN1CCc2nc3sc(C(=O)Nc4cc(Cl)ccc4Cl)c(N)c3cc2C1. The zero-order valence-electron chi connectivity index (χ0n) is 14.0. The van der Waals surface area contributed by atoms with Crippen LogP contribution in [0.5, 0.6) is 0 Å². The number of carbonyl (C=O) groups is 1. The number of amides is 1. The Kier molecular flexibility index (Phi) is 4.52. The molecule has 1 amide bonds. The van der Waals surface area contributed by atoms with E-state index >= 15 is 0 Å². The highest BCUT2D eigenvalue weighted by molar-refractivity contribution is 7.21. The number of nitrogens with two attached hydrogens (primary N) is 1. The number of thiophene rings is 1. The van der Waals surface area contributed by atoms with E-state index in [-0.39, 0.29) is 5.91 Å². The molecule has 134 valence electrons. The molecule has 26 heavy (non-hydrogen) atoms. The molecule has 0 saturated carbocycles. The molecule has 0 unspecified atom stereocenters. The van der Waals surface area contributed by atoms with Crippen molar-refractivity contribution < 1.29 is 4.79 Å². The van der Waals surface area contributed by atoms with Crippen molar-refractivity contribution in [3.8, 4) is 0 Å². The minimum absolute atomic E-state index is 0.315. The third-order valence-corrected chi connectivity index (χ3v) is 6.12. The van der Waals surface area contributed by atoms with Gasteiger partial charge >= 0.3 is 0 Å². The second-order valence-electron chi connectivity index (χ2n) is 6.36. The Morgan fingerprint density at radius 3 is 2.96 bits per heavy atom. The molecular formula is C18H16Cl2N4OS. The molecule has 0 fully saturated rings. The number of fused-ring (bicyclic) bond motifs is 2. The molecule has 0 saturated heterocycles. The molecule has 2 aromatic heterocycles. The number of benzene rings is 1. The molecule has 0 atom stereocenters. The van der Waals surface area contributed by atoms with E-state index in [2.05, 4.69) is 23.3 Å². The van der Waals surface area contributed by atoms with Gasteiger partial charge in [-0.05, 0) is 36.9 Å². The van der Waals surface area contributed by atoms with Gasteiger partial charge in [0.15, 0.2) is 0 Å². The van der Waals surface area contributed by atoms with Crippen molar-refractivity contribution in [1.82, 2.24) is 9.88 Å². The van der Waals surface area contributed by atoms with Crippen molar-refractivity contribution in [2.24, 2.45) is 0 Å². The predicted molar refractivity (Wildman–Crippen MR) is 108 cm³/mol. The van der Waals surface area contributed by atoms with Crippen LogP contribution in [0.1, 0.15) is 20.9 Å². The molecule has 0 aliphatic carbocycles. The molecule has 0 spiro atoms. The van der Waals surface area contributed by atoms with Crippen molar-refractivity contribution in [2.45, 2.75) is 13.0 Å². The van der Waals surface area contributed by atoms with Crippen LogP contribution >= 0.6 is 34.5 Å². The maximum absolute atomic E-state index is 12.7. The minimum Gasteiger partial charge on any atom is -0.397 e. The van der Waals surface area contributed by atoms with Gasteiger partial charge in [0.2, 0.25) is 0 Å². The summed E-state index contributed by atoms with van der Waals surface area (Å²) >= 11 is 13.4. The Labute approximate surface area is 164 Å². The first-order valence-corrected chi connectivity index (χ1v) is 9.65. The quantitative estimate of drug-likeness (QED) is 0.660. The number of hydrogen-bond acceptors (Lipinski definition) is 5. The summed E-state index contributed by atoms with van der Waals surface area (Å²) in [6, 6.07) is 6.97. The lowest BCUT2D eigenvalue weighted by Gasteiger charge is -2.24. The summed E-state index contributed by atoms with van der Waals surface area (Å²) in [5, 5.41) is 4.52. The molecule has 8 heteroatoms. The van der Waals surface area contributed by atoms with Crippen LogP contribution in [0.2, 0.25) is 10.0 Å². The molecule has 1 aliphatic heterocycles. The van der Waals surface area contributed by atoms with E-state index in [1.807, 2.05) is 0 Å². The van der Waals surface area contributed by atoms with Crippen LogP contribution in [-0.4, -0.2) is 29.4 Å². The average molecular weight is 407 g/mol. The first kappa shape index (κ1) is 17.5. The third kappa shape index (κ3) is 3.14. The lowest BCUT2D eigenvalue weighted by molar-refractivity contribution is 0.103. The van der Waals surface area contributed by atoms with Crippen LogP contribution in [0.4, 0.5) is 11.4 Å². The maximum atomic E-state index is 12.7. The van der Waals surface area contributed by atoms with Gasteiger partial charge in [-0.1, -0.05) is 23.2 Å². The Bertz CT molecular complexity index is 1030. The number of likely N-dealkylation sites (N-methyl/N-ethyl adjacent to an activating group) is 1. The number of aromatic nitrogens is 1. The molecule has 1 aliphatic rings. The Morgan fingerprint density at radius 2 is 2.15 bits per heavy atom. The lowest BCUT2D eigenvalue weighted by Crippen LogP contribution is -2.27. The standard InChI is InChI=1S/C18H16Cl2N4OS/c1-24-5-4-13-9(8-24)6-11-15(21)16(26-18(11)23-13)17(25)22-14-7-10(19)2-3-12(14)20/h2-3,6-7H,4-5,8,21H2,1H3,(H,22,25). The second-order valence-corrected chi connectivity index (χ2v) is 8.20. The molecule has 0 bridgehead atoms. The van der Waals surface area contributed by atoms with Gasteiger partial charge in [0.25, 0.3) is 5.91 Å². The Balaban J connectivity index is 1.71. The van der Waals surface area contributed by atoms with Gasteiger partial charge in [-0.2, -0.15) is 0 Å². The largest absolute Gasteiger partial charge is 0.397 e. The topological polar surface area (TPSA) is 71.2 Å². The molecule has 3 aromatic rings. The molecule has 3 N–H and O–H groups in total. The molecule has 4 rings (SSSR count). The van der Waals surface area contributed by atoms with Gasteiger partial charge in [0.1, 0.15) is 9.71 Å². The van der Waals surface area contributed by atoms with Gasteiger partial charge < -0.3 is 16.0 Å². The zero-order chi connectivity index (χ0) is 18.4. The van der Waals surface area contributed by atoms with Crippen LogP contribution in [0.25, 0.3) is 10.2 Å². The van der Waals surface area contributed by atoms with Crippen molar-refractivity contribution >= 4 is 62.0 Å². The van der Waals surface area contributed by atoms with Gasteiger partial charge in [-0.25, -0.2) is 4.98 Å². The van der Waals surface area contributed by atoms with Crippen molar-refractivity contribution in [2.75, 3.05) is 24.6 Å². The first-order chi connectivity index (χ1) is 12.4. The van der Waals surface area contributed by atoms with Crippen LogP contribution in [0.15, 0.2) is 24.3 Å². The third-order valence-electron chi connectivity index (χ3n) is 4.44. The van der Waals surface area contributed by atoms with E-state index in [9.17, 15) is 4.79 Å². The number of halogens is 2. The highest BCUT2D eigenvalue weighted by atomic mass is 35.5. The lowest BCUT2D eigenvalue weighted by atomic mass is 10.0. The van der Waals surface area contributed by atoms with E-state index in [1.165, 1.54) is 16.9 Å². The Morgan fingerprint density at radius 1 is 1.35 bits per heavy atom. The number of rotatable bonds is 2. The predicted octanol–water partition coefficient (Wildman–Crippen LogP) is 4.43. The normalized spacial score (nSPS) is 14.4. The van der Waals surface area contributed by atoms with E-state index in [1.54, 1.807) is 18.2 Å². The first-order valence-electron chi connectivity index (χ1n) is 8.08. The number of nitrogens with one attached hydrogen (secondary N) is 1. The average Bonchev–Trinajstić information content (AvgIpc) is 2.92. The minimum atomic E-state index is -0.315. The summed E-state index contributed by atoms with van der Waals surface area (Å²) < 4.78 is 0. The number of carbonyl (C=O) groups excluding carboxylic acids is 1. The number of anilines is 2. The van der Waals surface area contributed by atoms with Crippen molar-refractivity contribution in [3.63, 3.8) is 0 Å². The fraction of sp³-hybridized carbons (Fsp3) is 0.222. The number of nitrogens with zero attached hydrogens (tertiary/aromatic N) is 2. The highest BCUT2D eigenvalue weighted by Gasteiger charge is 2.22. The van der Waals surface area contributed by atoms with Crippen LogP contribution in [0.3, 0.4) is 0 Å². The maximum Gasteiger partial charge on any atom is 0.267 e. The fourth-order valence-corrected chi connectivity index (χ4v) is 4.41. The Hall–Kier alpha value is -1.86. The fourth-order valence-electron chi connectivity index (χ4n) is 3.08. The molecular weight excluding hydrogens is 391 g/mol. The summed E-state index contributed by atoms with van der Waals surface area (Å²) in [7, 11) is 2.08. The van der Waals surface area contributed by atoms with E-state index in [4.69, 9.17) is 33.9 Å². The number of hydrogen-bond donors (Lipinski definition) is 2. The van der Waals surface area contributed by atoms with Crippen LogP contribution < -0.4 is 11.1 Å². The number of pyridine rings is 1. The van der Waals surface area contributed by atoms with E-state index < -0.39 is 0 Å². The monoisotopic (exact) mass is 406 g/mol. The molecule has 5 nitrogen and oxygen atoms in total. The van der Waals surface area contributed by atoms with Gasteiger partial charge in [-0.3, -0.25) is 4.79 Å². The van der Waals surface area contributed by atoms with Gasteiger partial charge in [0, 0.05) is 35.6 Å².